The third-order valence-electron chi connectivity index (χ3n) is 3.21. The number of hydrogen-bond acceptors (Lipinski definition) is 3. The number of carbonyl (C=O) groups is 1. The van der Waals surface area contributed by atoms with Crippen LogP contribution in [0, 0.1) is 0 Å². The number of pyridine rings is 1. The molecular formula is C15H13ClN2OS. The summed E-state index contributed by atoms with van der Waals surface area (Å²) < 4.78 is 0. The van der Waals surface area contributed by atoms with Gasteiger partial charge in [-0.1, -0.05) is 23.7 Å². The molecule has 0 bridgehead atoms. The van der Waals surface area contributed by atoms with Crippen LogP contribution in [0.3, 0.4) is 0 Å². The minimum Gasteiger partial charge on any atom is -0.295 e. The lowest BCUT2D eigenvalue weighted by Gasteiger charge is -2.24. The zero-order valence-corrected chi connectivity index (χ0v) is 12.4. The number of anilines is 1. The van der Waals surface area contributed by atoms with Gasteiger partial charge in [0.05, 0.1) is 5.25 Å². The van der Waals surface area contributed by atoms with Gasteiger partial charge in [0, 0.05) is 28.7 Å². The van der Waals surface area contributed by atoms with Crippen molar-refractivity contribution in [2.75, 3.05) is 4.90 Å². The van der Waals surface area contributed by atoms with Crippen LogP contribution in [0.1, 0.15) is 17.9 Å². The highest BCUT2D eigenvalue weighted by Crippen LogP contribution is 2.45. The van der Waals surface area contributed by atoms with Crippen LogP contribution in [-0.2, 0) is 4.79 Å². The molecular weight excluding hydrogens is 292 g/mol. The quantitative estimate of drug-likeness (QED) is 0.843. The highest BCUT2D eigenvalue weighted by Gasteiger charge is 2.39. The first-order valence-corrected chi connectivity index (χ1v) is 7.63. The molecule has 1 fully saturated rings. The number of rotatable bonds is 2. The number of carbonyl (C=O) groups excluding carboxylic acids is 1. The highest BCUT2D eigenvalue weighted by atomic mass is 35.5. The molecule has 1 amide bonds. The molecule has 2 aromatic rings. The smallest absolute Gasteiger partial charge is 0.241 e. The molecule has 20 heavy (non-hydrogen) atoms. The van der Waals surface area contributed by atoms with Gasteiger partial charge in [0.1, 0.15) is 5.37 Å². The van der Waals surface area contributed by atoms with Crippen molar-refractivity contribution in [3.05, 3.63) is 59.4 Å². The Morgan fingerprint density at radius 2 is 2.15 bits per heavy atom. The van der Waals surface area contributed by atoms with Crippen LogP contribution >= 0.6 is 23.4 Å². The maximum Gasteiger partial charge on any atom is 0.241 e. The summed E-state index contributed by atoms with van der Waals surface area (Å²) in [5.74, 6) is 0.103. The average Bonchev–Trinajstić information content (AvgIpc) is 2.76. The standard InChI is InChI=1S/C15H13ClN2OS/c1-10-14(19)18(13-6-2-5-12(16)8-13)15(20-10)11-4-3-7-17-9-11/h2-10,15H,1H3. The molecule has 1 saturated heterocycles. The number of thioether (sulfide) groups is 1. The first-order chi connectivity index (χ1) is 9.66. The zero-order valence-electron chi connectivity index (χ0n) is 10.9. The van der Waals surface area contributed by atoms with E-state index >= 15 is 0 Å². The summed E-state index contributed by atoms with van der Waals surface area (Å²) in [7, 11) is 0. The molecule has 102 valence electrons. The molecule has 1 aromatic carbocycles. The van der Waals surface area contributed by atoms with Crippen molar-refractivity contribution in [3.63, 3.8) is 0 Å². The molecule has 0 saturated carbocycles. The third-order valence-corrected chi connectivity index (χ3v) is 4.79. The minimum absolute atomic E-state index is 0.0512. The molecule has 3 rings (SSSR count). The number of halogens is 1. The minimum atomic E-state index is -0.0702. The van der Waals surface area contributed by atoms with E-state index in [1.54, 1.807) is 35.1 Å². The lowest BCUT2D eigenvalue weighted by molar-refractivity contribution is -0.117. The first kappa shape index (κ1) is 13.5. The molecule has 2 atom stereocenters. The largest absolute Gasteiger partial charge is 0.295 e. The monoisotopic (exact) mass is 304 g/mol. The number of nitrogens with zero attached hydrogens (tertiary/aromatic N) is 2. The second-order valence-corrected chi connectivity index (χ2v) is 6.47. The normalized spacial score (nSPS) is 22.3. The summed E-state index contributed by atoms with van der Waals surface area (Å²) in [5.41, 5.74) is 1.85. The maximum absolute atomic E-state index is 12.4. The first-order valence-electron chi connectivity index (χ1n) is 6.31. The Morgan fingerprint density at radius 1 is 1.30 bits per heavy atom. The molecule has 3 nitrogen and oxygen atoms in total. The molecule has 0 radical (unpaired) electrons. The van der Waals surface area contributed by atoms with Crippen molar-refractivity contribution >= 4 is 35.0 Å². The molecule has 2 heterocycles. The van der Waals surface area contributed by atoms with Crippen molar-refractivity contribution in [1.29, 1.82) is 0 Å². The Bertz CT molecular complexity index is 635. The summed E-state index contributed by atoms with van der Waals surface area (Å²) in [6.07, 6.45) is 3.54. The Morgan fingerprint density at radius 3 is 2.85 bits per heavy atom. The van der Waals surface area contributed by atoms with Gasteiger partial charge in [-0.2, -0.15) is 0 Å². The molecule has 1 aromatic heterocycles. The van der Waals surface area contributed by atoms with Crippen LogP contribution in [-0.4, -0.2) is 16.1 Å². The van der Waals surface area contributed by atoms with Crippen LogP contribution < -0.4 is 4.90 Å². The summed E-state index contributed by atoms with van der Waals surface area (Å²) in [6.45, 7) is 1.93. The fourth-order valence-corrected chi connectivity index (χ4v) is 3.71. The third kappa shape index (κ3) is 2.41. The second-order valence-electron chi connectivity index (χ2n) is 4.61. The topological polar surface area (TPSA) is 33.2 Å². The fourth-order valence-electron chi connectivity index (χ4n) is 2.26. The Labute approximate surface area is 127 Å². The van der Waals surface area contributed by atoms with E-state index in [1.165, 1.54) is 0 Å². The predicted octanol–water partition coefficient (Wildman–Crippen LogP) is 3.90. The molecule has 1 aliphatic heterocycles. The van der Waals surface area contributed by atoms with Crippen molar-refractivity contribution in [3.8, 4) is 0 Å². The van der Waals surface area contributed by atoms with Crippen LogP contribution in [0.15, 0.2) is 48.8 Å². The predicted molar refractivity (Wildman–Crippen MR) is 83.0 cm³/mol. The number of amides is 1. The van der Waals surface area contributed by atoms with E-state index in [0.717, 1.165) is 11.3 Å². The van der Waals surface area contributed by atoms with E-state index in [0.29, 0.717) is 5.02 Å². The zero-order chi connectivity index (χ0) is 14.1. The van der Waals surface area contributed by atoms with Gasteiger partial charge in [0.15, 0.2) is 0 Å². The molecule has 0 aliphatic carbocycles. The van der Waals surface area contributed by atoms with Crippen molar-refractivity contribution in [2.45, 2.75) is 17.5 Å². The van der Waals surface area contributed by atoms with Crippen LogP contribution in [0.25, 0.3) is 0 Å². The van der Waals surface area contributed by atoms with Crippen molar-refractivity contribution < 1.29 is 4.79 Å². The van der Waals surface area contributed by atoms with Gasteiger partial charge in [-0.05, 0) is 31.2 Å². The molecule has 1 aliphatic rings. The summed E-state index contributed by atoms with van der Waals surface area (Å²) >= 11 is 7.67. The summed E-state index contributed by atoms with van der Waals surface area (Å²) in [6, 6.07) is 11.3. The van der Waals surface area contributed by atoms with Crippen molar-refractivity contribution in [1.82, 2.24) is 4.98 Å². The van der Waals surface area contributed by atoms with E-state index in [2.05, 4.69) is 4.98 Å². The number of benzene rings is 1. The van der Waals surface area contributed by atoms with E-state index in [4.69, 9.17) is 11.6 Å². The van der Waals surface area contributed by atoms with Gasteiger partial charge in [-0.3, -0.25) is 14.7 Å². The molecule has 0 spiro atoms. The number of aromatic nitrogens is 1. The SMILES string of the molecule is CC1SC(c2cccnc2)N(c2cccc(Cl)c2)C1=O. The molecule has 0 N–H and O–H groups in total. The molecule has 5 heteroatoms. The van der Waals surface area contributed by atoms with Gasteiger partial charge in [-0.15, -0.1) is 11.8 Å². The van der Waals surface area contributed by atoms with Crippen molar-refractivity contribution in [2.24, 2.45) is 0 Å². The Hall–Kier alpha value is -1.52. The average molecular weight is 305 g/mol. The fraction of sp³-hybridized carbons (Fsp3) is 0.200. The Balaban J connectivity index is 2.03. The highest BCUT2D eigenvalue weighted by molar-refractivity contribution is 8.01. The lowest BCUT2D eigenvalue weighted by atomic mass is 10.2. The van der Waals surface area contributed by atoms with E-state index in [9.17, 15) is 4.79 Å². The summed E-state index contributed by atoms with van der Waals surface area (Å²) in [5, 5.41) is 0.508. The second kappa shape index (κ2) is 5.46. The van der Waals surface area contributed by atoms with Gasteiger partial charge < -0.3 is 0 Å². The van der Waals surface area contributed by atoms with Gasteiger partial charge >= 0.3 is 0 Å². The Kier molecular flexibility index (Phi) is 3.68. The maximum atomic E-state index is 12.4. The van der Waals surface area contributed by atoms with Gasteiger partial charge in [0.2, 0.25) is 5.91 Å². The van der Waals surface area contributed by atoms with Gasteiger partial charge in [-0.25, -0.2) is 0 Å². The number of hydrogen-bond donors (Lipinski definition) is 0. The van der Waals surface area contributed by atoms with Crippen LogP contribution in [0.5, 0.6) is 0 Å². The van der Waals surface area contributed by atoms with E-state index < -0.39 is 0 Å². The van der Waals surface area contributed by atoms with Gasteiger partial charge in [0.25, 0.3) is 0 Å². The van der Waals surface area contributed by atoms with Crippen LogP contribution in [0.2, 0.25) is 5.02 Å². The molecule has 2 unspecified atom stereocenters. The van der Waals surface area contributed by atoms with Crippen LogP contribution in [0.4, 0.5) is 5.69 Å². The summed E-state index contributed by atoms with van der Waals surface area (Å²) in [4.78, 5) is 18.4. The van der Waals surface area contributed by atoms with E-state index in [-0.39, 0.29) is 16.5 Å². The van der Waals surface area contributed by atoms with E-state index in [1.807, 2.05) is 37.3 Å². The lowest BCUT2D eigenvalue weighted by Crippen LogP contribution is -2.30.